The number of rotatable bonds is 6. The summed E-state index contributed by atoms with van der Waals surface area (Å²) in [5, 5.41) is 29.3. The van der Waals surface area contributed by atoms with E-state index in [1.54, 1.807) is 0 Å². The van der Waals surface area contributed by atoms with E-state index in [1.165, 1.54) is 6.07 Å². The Morgan fingerprint density at radius 2 is 2.15 bits per heavy atom. The van der Waals surface area contributed by atoms with Gasteiger partial charge in [0, 0.05) is 23.9 Å². The summed E-state index contributed by atoms with van der Waals surface area (Å²) >= 11 is 0. The molecule has 7 heteroatoms. The van der Waals surface area contributed by atoms with Crippen molar-refractivity contribution in [2.45, 2.75) is 26.3 Å². The van der Waals surface area contributed by atoms with E-state index in [9.17, 15) is 20.0 Å². The van der Waals surface area contributed by atoms with Gasteiger partial charge in [-0.2, -0.15) is 0 Å². The van der Waals surface area contributed by atoms with Crippen molar-refractivity contribution in [2.75, 3.05) is 0 Å². The van der Waals surface area contributed by atoms with Crippen molar-refractivity contribution in [1.29, 1.82) is 0 Å². The standard InChI is InChI=1S/C13H16N2O5/c1-8(2)5-11(13(17)18)14-7-9-6-10(15(19)20)3-4-12(9)16/h3-4,6-8,11,16H,5H2,1-2H3,(H,17,18)/b14-7+/t11-/m0/s1. The lowest BCUT2D eigenvalue weighted by molar-refractivity contribution is -0.384. The molecule has 0 aromatic heterocycles. The molecule has 1 atom stereocenters. The first-order valence-corrected chi connectivity index (χ1v) is 6.04. The third kappa shape index (κ3) is 4.34. The largest absolute Gasteiger partial charge is 0.507 e. The number of carbonyl (C=O) groups is 1. The van der Waals surface area contributed by atoms with E-state index in [2.05, 4.69) is 4.99 Å². The number of carboxylic acids is 1. The number of benzene rings is 1. The van der Waals surface area contributed by atoms with Gasteiger partial charge in [0.1, 0.15) is 11.8 Å². The molecule has 1 aromatic rings. The van der Waals surface area contributed by atoms with Crippen molar-refractivity contribution in [3.8, 4) is 5.75 Å². The van der Waals surface area contributed by atoms with Gasteiger partial charge in [0.2, 0.25) is 0 Å². The Hall–Kier alpha value is -2.44. The fraction of sp³-hybridized carbons (Fsp3) is 0.385. The molecule has 0 radical (unpaired) electrons. The summed E-state index contributed by atoms with van der Waals surface area (Å²) in [6.07, 6.45) is 1.50. The molecule has 0 spiro atoms. The van der Waals surface area contributed by atoms with Crippen LogP contribution in [0.2, 0.25) is 0 Å². The van der Waals surface area contributed by atoms with Gasteiger partial charge in [-0.05, 0) is 18.4 Å². The number of nitro groups is 1. The van der Waals surface area contributed by atoms with Crippen LogP contribution in [0.4, 0.5) is 5.69 Å². The van der Waals surface area contributed by atoms with Crippen LogP contribution >= 0.6 is 0 Å². The molecule has 108 valence electrons. The lowest BCUT2D eigenvalue weighted by atomic mass is 10.0. The van der Waals surface area contributed by atoms with Crippen molar-refractivity contribution in [3.05, 3.63) is 33.9 Å². The number of aliphatic imine (C=N–C) groups is 1. The number of phenolic OH excluding ortho intramolecular Hbond substituents is 1. The first kappa shape index (κ1) is 15.6. The van der Waals surface area contributed by atoms with Gasteiger partial charge in [0.05, 0.1) is 4.92 Å². The van der Waals surface area contributed by atoms with Crippen molar-refractivity contribution >= 4 is 17.9 Å². The molecule has 0 saturated carbocycles. The van der Waals surface area contributed by atoms with Crippen LogP contribution in [0.3, 0.4) is 0 Å². The van der Waals surface area contributed by atoms with Crippen LogP contribution < -0.4 is 0 Å². The maximum absolute atomic E-state index is 11.0. The quantitative estimate of drug-likeness (QED) is 0.471. The number of non-ortho nitro benzene ring substituents is 1. The highest BCUT2D eigenvalue weighted by Gasteiger charge is 2.17. The van der Waals surface area contributed by atoms with Gasteiger partial charge in [0.25, 0.3) is 5.69 Å². The normalized spacial score (nSPS) is 12.8. The maximum atomic E-state index is 11.0. The number of aliphatic carboxylic acids is 1. The summed E-state index contributed by atoms with van der Waals surface area (Å²) in [6, 6.07) is 2.55. The second-order valence-corrected chi connectivity index (χ2v) is 4.76. The van der Waals surface area contributed by atoms with Gasteiger partial charge in [-0.1, -0.05) is 13.8 Å². The fourth-order valence-corrected chi connectivity index (χ4v) is 1.60. The monoisotopic (exact) mass is 280 g/mol. The number of hydrogen-bond acceptors (Lipinski definition) is 5. The molecular formula is C13H16N2O5. The van der Waals surface area contributed by atoms with E-state index in [1.807, 2.05) is 13.8 Å². The molecule has 0 fully saturated rings. The third-order valence-corrected chi connectivity index (χ3v) is 2.60. The summed E-state index contributed by atoms with van der Waals surface area (Å²) < 4.78 is 0. The average Bonchev–Trinajstić information content (AvgIpc) is 2.35. The van der Waals surface area contributed by atoms with Gasteiger partial charge in [0.15, 0.2) is 0 Å². The Labute approximate surface area is 115 Å². The van der Waals surface area contributed by atoms with Crippen molar-refractivity contribution in [2.24, 2.45) is 10.9 Å². The summed E-state index contributed by atoms with van der Waals surface area (Å²) in [4.78, 5) is 25.0. The molecule has 0 saturated heterocycles. The second-order valence-electron chi connectivity index (χ2n) is 4.76. The first-order chi connectivity index (χ1) is 9.31. The van der Waals surface area contributed by atoms with Crippen molar-refractivity contribution in [3.63, 3.8) is 0 Å². The molecule has 0 heterocycles. The Morgan fingerprint density at radius 1 is 1.50 bits per heavy atom. The highest BCUT2D eigenvalue weighted by Crippen LogP contribution is 2.21. The molecule has 20 heavy (non-hydrogen) atoms. The lowest BCUT2D eigenvalue weighted by Crippen LogP contribution is -2.20. The Kier molecular flexibility index (Phi) is 5.19. The summed E-state index contributed by atoms with van der Waals surface area (Å²) in [7, 11) is 0. The van der Waals surface area contributed by atoms with Crippen LogP contribution in [0.5, 0.6) is 5.75 Å². The molecule has 0 aliphatic carbocycles. The zero-order chi connectivity index (χ0) is 15.3. The van der Waals surface area contributed by atoms with E-state index in [4.69, 9.17) is 5.11 Å². The molecule has 1 rings (SSSR count). The molecule has 0 aliphatic rings. The van der Waals surface area contributed by atoms with E-state index < -0.39 is 16.9 Å². The number of nitrogens with zero attached hydrogens (tertiary/aromatic N) is 2. The second kappa shape index (κ2) is 6.65. The average molecular weight is 280 g/mol. The molecule has 0 aliphatic heterocycles. The van der Waals surface area contributed by atoms with Crippen LogP contribution in [0.25, 0.3) is 0 Å². The number of phenols is 1. The van der Waals surface area contributed by atoms with Gasteiger partial charge in [-0.15, -0.1) is 0 Å². The first-order valence-electron chi connectivity index (χ1n) is 6.04. The SMILES string of the molecule is CC(C)C[C@H](/N=C/c1cc([N+](=O)[O-])ccc1O)C(=O)O. The summed E-state index contributed by atoms with van der Waals surface area (Å²) in [6.45, 7) is 3.74. The predicted octanol–water partition coefficient (Wildman–Crippen LogP) is 2.22. The predicted molar refractivity (Wildman–Crippen MR) is 73.2 cm³/mol. The van der Waals surface area contributed by atoms with Crippen LogP contribution in [0.15, 0.2) is 23.2 Å². The molecule has 1 aromatic carbocycles. The molecule has 0 unspecified atom stereocenters. The minimum Gasteiger partial charge on any atom is -0.507 e. The zero-order valence-corrected chi connectivity index (χ0v) is 11.2. The molecule has 0 bridgehead atoms. The fourth-order valence-electron chi connectivity index (χ4n) is 1.60. The summed E-state index contributed by atoms with van der Waals surface area (Å²) in [5.41, 5.74) is -0.0748. The third-order valence-electron chi connectivity index (χ3n) is 2.60. The molecular weight excluding hydrogens is 264 g/mol. The Morgan fingerprint density at radius 3 is 2.65 bits per heavy atom. The molecule has 7 nitrogen and oxygen atoms in total. The van der Waals surface area contributed by atoms with E-state index in [0.29, 0.717) is 6.42 Å². The van der Waals surface area contributed by atoms with Crippen LogP contribution in [-0.4, -0.2) is 33.4 Å². The van der Waals surface area contributed by atoms with Crippen molar-refractivity contribution in [1.82, 2.24) is 0 Å². The molecule has 2 N–H and O–H groups in total. The minimum absolute atomic E-state index is 0.120. The summed E-state index contributed by atoms with van der Waals surface area (Å²) in [5.74, 6) is -1.11. The van der Waals surface area contributed by atoms with Crippen LogP contribution in [-0.2, 0) is 4.79 Å². The van der Waals surface area contributed by atoms with E-state index in [-0.39, 0.29) is 22.9 Å². The maximum Gasteiger partial charge on any atom is 0.328 e. The van der Waals surface area contributed by atoms with E-state index >= 15 is 0 Å². The lowest BCUT2D eigenvalue weighted by Gasteiger charge is -2.09. The number of aromatic hydroxyl groups is 1. The van der Waals surface area contributed by atoms with Gasteiger partial charge < -0.3 is 10.2 Å². The van der Waals surface area contributed by atoms with Crippen molar-refractivity contribution < 1.29 is 19.9 Å². The van der Waals surface area contributed by atoms with E-state index in [0.717, 1.165) is 18.3 Å². The van der Waals surface area contributed by atoms with Gasteiger partial charge in [-0.3, -0.25) is 15.1 Å². The van der Waals surface area contributed by atoms with Gasteiger partial charge >= 0.3 is 5.97 Å². The molecule has 0 amide bonds. The number of hydrogen-bond donors (Lipinski definition) is 2. The topological polar surface area (TPSA) is 113 Å². The zero-order valence-electron chi connectivity index (χ0n) is 11.2. The Balaban J connectivity index is 3.00. The van der Waals surface area contributed by atoms with Crippen LogP contribution in [0.1, 0.15) is 25.8 Å². The number of carboxylic acid groups (broad SMARTS) is 1. The van der Waals surface area contributed by atoms with Gasteiger partial charge in [-0.25, -0.2) is 4.79 Å². The Bertz CT molecular complexity index is 540. The minimum atomic E-state index is -1.07. The highest BCUT2D eigenvalue weighted by atomic mass is 16.6. The smallest absolute Gasteiger partial charge is 0.328 e. The highest BCUT2D eigenvalue weighted by molar-refractivity contribution is 5.86. The van der Waals surface area contributed by atoms with Crippen LogP contribution in [0, 0.1) is 16.0 Å². The number of nitro benzene ring substituents is 1.